The van der Waals surface area contributed by atoms with Gasteiger partial charge in [-0.3, -0.25) is 4.79 Å². The fraction of sp³-hybridized carbons (Fsp3) is 0.238. The summed E-state index contributed by atoms with van der Waals surface area (Å²) in [6.45, 7) is 4.00. The number of methoxy groups -OCH3 is 1. The van der Waals surface area contributed by atoms with Crippen LogP contribution in [0.25, 0.3) is 16.9 Å². The van der Waals surface area contributed by atoms with Gasteiger partial charge in [0.05, 0.1) is 23.5 Å². The quantitative estimate of drug-likeness (QED) is 0.669. The number of ether oxygens (including phenoxy) is 1. The summed E-state index contributed by atoms with van der Waals surface area (Å²) in [4.78, 5) is 12.8. The predicted molar refractivity (Wildman–Crippen MR) is 108 cm³/mol. The summed E-state index contributed by atoms with van der Waals surface area (Å²) in [7, 11) is 1.61. The van der Waals surface area contributed by atoms with Crippen molar-refractivity contribution in [1.29, 1.82) is 0 Å². The van der Waals surface area contributed by atoms with E-state index in [9.17, 15) is 4.79 Å². The second-order valence-corrected chi connectivity index (χ2v) is 6.69. The van der Waals surface area contributed by atoms with Gasteiger partial charge in [-0.25, -0.2) is 4.68 Å². The Hall–Kier alpha value is -2.79. The van der Waals surface area contributed by atoms with Crippen molar-refractivity contribution in [2.75, 3.05) is 7.11 Å². The van der Waals surface area contributed by atoms with Crippen molar-refractivity contribution in [1.82, 2.24) is 15.1 Å². The molecule has 27 heavy (non-hydrogen) atoms. The number of rotatable bonds is 6. The molecule has 6 heteroatoms. The SMILES string of the molecule is CCC(C)NC(=O)c1cc(-c2ccccc2Cl)nn1-c1ccc(OC)cc1. The Kier molecular flexibility index (Phi) is 5.81. The van der Waals surface area contributed by atoms with E-state index < -0.39 is 0 Å². The van der Waals surface area contributed by atoms with Crippen LogP contribution in [0.3, 0.4) is 0 Å². The van der Waals surface area contributed by atoms with Crippen molar-refractivity contribution in [2.45, 2.75) is 26.3 Å². The lowest BCUT2D eigenvalue weighted by atomic mass is 10.1. The third-order valence-electron chi connectivity index (χ3n) is 4.40. The van der Waals surface area contributed by atoms with E-state index in [2.05, 4.69) is 10.4 Å². The van der Waals surface area contributed by atoms with Crippen LogP contribution in [0, 0.1) is 0 Å². The van der Waals surface area contributed by atoms with E-state index in [0.717, 1.165) is 23.4 Å². The van der Waals surface area contributed by atoms with Crippen LogP contribution in [0.2, 0.25) is 5.02 Å². The minimum Gasteiger partial charge on any atom is -0.497 e. The Morgan fingerprint density at radius 1 is 1.22 bits per heavy atom. The molecule has 0 aliphatic rings. The number of hydrogen-bond donors (Lipinski definition) is 1. The highest BCUT2D eigenvalue weighted by atomic mass is 35.5. The van der Waals surface area contributed by atoms with Crippen molar-refractivity contribution in [3.8, 4) is 22.7 Å². The molecule has 3 aromatic rings. The van der Waals surface area contributed by atoms with E-state index in [-0.39, 0.29) is 11.9 Å². The highest BCUT2D eigenvalue weighted by molar-refractivity contribution is 6.33. The molecule has 0 aliphatic carbocycles. The molecule has 0 saturated carbocycles. The molecule has 0 spiro atoms. The number of nitrogens with one attached hydrogen (secondary N) is 1. The first-order chi connectivity index (χ1) is 13.0. The van der Waals surface area contributed by atoms with E-state index in [4.69, 9.17) is 16.3 Å². The van der Waals surface area contributed by atoms with Gasteiger partial charge in [0, 0.05) is 11.6 Å². The Bertz CT molecular complexity index is 935. The van der Waals surface area contributed by atoms with Gasteiger partial charge in [-0.05, 0) is 49.7 Å². The average molecular weight is 384 g/mol. The summed E-state index contributed by atoms with van der Waals surface area (Å²) in [5.74, 6) is 0.564. The molecule has 2 aromatic carbocycles. The van der Waals surface area contributed by atoms with Crippen molar-refractivity contribution in [2.24, 2.45) is 0 Å². The molecule has 1 N–H and O–H groups in total. The smallest absolute Gasteiger partial charge is 0.270 e. The van der Waals surface area contributed by atoms with Crippen molar-refractivity contribution in [3.63, 3.8) is 0 Å². The number of halogens is 1. The molecule has 1 unspecified atom stereocenters. The molecule has 1 atom stereocenters. The van der Waals surface area contributed by atoms with Gasteiger partial charge < -0.3 is 10.1 Å². The highest BCUT2D eigenvalue weighted by Gasteiger charge is 2.19. The van der Waals surface area contributed by atoms with Crippen molar-refractivity contribution >= 4 is 17.5 Å². The Balaban J connectivity index is 2.08. The second kappa shape index (κ2) is 8.27. The van der Waals surface area contributed by atoms with E-state index in [1.807, 2.05) is 62.4 Å². The predicted octanol–water partition coefficient (Wildman–Crippen LogP) is 4.73. The summed E-state index contributed by atoms with van der Waals surface area (Å²) >= 11 is 6.33. The van der Waals surface area contributed by atoms with Gasteiger partial charge >= 0.3 is 0 Å². The van der Waals surface area contributed by atoms with Gasteiger partial charge in [0.1, 0.15) is 11.4 Å². The fourth-order valence-electron chi connectivity index (χ4n) is 2.66. The van der Waals surface area contributed by atoms with Crippen LogP contribution in [0.15, 0.2) is 54.6 Å². The first-order valence-corrected chi connectivity index (χ1v) is 9.21. The third-order valence-corrected chi connectivity index (χ3v) is 4.73. The molecule has 3 rings (SSSR count). The van der Waals surface area contributed by atoms with Gasteiger partial charge in [-0.15, -0.1) is 0 Å². The molecule has 0 fully saturated rings. The number of nitrogens with zero attached hydrogens (tertiary/aromatic N) is 2. The van der Waals surface area contributed by atoms with Crippen molar-refractivity contribution < 1.29 is 9.53 Å². The monoisotopic (exact) mass is 383 g/mol. The topological polar surface area (TPSA) is 56.2 Å². The third kappa shape index (κ3) is 4.14. The lowest BCUT2D eigenvalue weighted by Crippen LogP contribution is -2.33. The van der Waals surface area contributed by atoms with Crippen LogP contribution >= 0.6 is 11.6 Å². The maximum Gasteiger partial charge on any atom is 0.270 e. The molecule has 0 radical (unpaired) electrons. The van der Waals surface area contributed by atoms with Gasteiger partial charge in [0.2, 0.25) is 0 Å². The fourth-order valence-corrected chi connectivity index (χ4v) is 2.90. The molecule has 1 amide bonds. The number of carbonyl (C=O) groups excluding carboxylic acids is 1. The Labute approximate surface area is 163 Å². The van der Waals surface area contributed by atoms with Crippen LogP contribution in [0.5, 0.6) is 5.75 Å². The molecule has 1 heterocycles. The first kappa shape index (κ1) is 19.0. The van der Waals surface area contributed by atoms with Gasteiger partial charge in [0.15, 0.2) is 0 Å². The van der Waals surface area contributed by atoms with Crippen LogP contribution in [0.4, 0.5) is 0 Å². The lowest BCUT2D eigenvalue weighted by molar-refractivity contribution is 0.0931. The minimum absolute atomic E-state index is 0.0699. The van der Waals surface area contributed by atoms with Crippen LogP contribution in [0.1, 0.15) is 30.8 Å². The normalized spacial score (nSPS) is 11.9. The van der Waals surface area contributed by atoms with E-state index in [1.54, 1.807) is 17.9 Å². The zero-order valence-corrected chi connectivity index (χ0v) is 16.3. The summed E-state index contributed by atoms with van der Waals surface area (Å²) in [6, 6.07) is 16.7. The maximum atomic E-state index is 12.8. The number of carbonyl (C=O) groups is 1. The average Bonchev–Trinajstić information content (AvgIpc) is 3.13. The Morgan fingerprint density at radius 2 is 1.93 bits per heavy atom. The standard InChI is InChI=1S/C21H22ClN3O2/c1-4-14(2)23-21(26)20-13-19(17-7-5-6-8-18(17)22)24-25(20)15-9-11-16(27-3)12-10-15/h5-14H,4H2,1-3H3,(H,23,26). The zero-order valence-electron chi connectivity index (χ0n) is 15.6. The molecular weight excluding hydrogens is 362 g/mol. The van der Waals surface area contributed by atoms with Crippen LogP contribution in [-0.4, -0.2) is 28.8 Å². The Morgan fingerprint density at radius 3 is 2.56 bits per heavy atom. The van der Waals surface area contributed by atoms with Crippen LogP contribution < -0.4 is 10.1 Å². The summed E-state index contributed by atoms with van der Waals surface area (Å²) in [5.41, 5.74) is 2.65. The van der Waals surface area contributed by atoms with Crippen molar-refractivity contribution in [3.05, 3.63) is 65.3 Å². The molecule has 0 saturated heterocycles. The maximum absolute atomic E-state index is 12.8. The summed E-state index contributed by atoms with van der Waals surface area (Å²) in [6.07, 6.45) is 0.847. The first-order valence-electron chi connectivity index (χ1n) is 8.83. The largest absolute Gasteiger partial charge is 0.497 e. The molecule has 0 aliphatic heterocycles. The van der Waals surface area contributed by atoms with Gasteiger partial charge in [0.25, 0.3) is 5.91 Å². The number of aromatic nitrogens is 2. The number of benzene rings is 2. The summed E-state index contributed by atoms with van der Waals surface area (Å²) < 4.78 is 6.85. The second-order valence-electron chi connectivity index (χ2n) is 6.29. The van der Waals surface area contributed by atoms with E-state index in [0.29, 0.717) is 16.4 Å². The molecule has 5 nitrogen and oxygen atoms in total. The summed E-state index contributed by atoms with van der Waals surface area (Å²) in [5, 5.41) is 8.24. The molecule has 1 aromatic heterocycles. The van der Waals surface area contributed by atoms with Crippen LogP contribution in [-0.2, 0) is 0 Å². The van der Waals surface area contributed by atoms with E-state index in [1.165, 1.54) is 0 Å². The number of amides is 1. The van der Waals surface area contributed by atoms with Gasteiger partial charge in [-0.2, -0.15) is 5.10 Å². The number of hydrogen-bond acceptors (Lipinski definition) is 3. The van der Waals surface area contributed by atoms with Gasteiger partial charge in [-0.1, -0.05) is 36.7 Å². The lowest BCUT2D eigenvalue weighted by Gasteiger charge is -2.12. The molecule has 0 bridgehead atoms. The minimum atomic E-state index is -0.175. The molecular formula is C21H22ClN3O2. The van der Waals surface area contributed by atoms with E-state index >= 15 is 0 Å². The molecule has 140 valence electrons. The highest BCUT2D eigenvalue weighted by Crippen LogP contribution is 2.28. The zero-order chi connectivity index (χ0) is 19.4.